The fourth-order valence-electron chi connectivity index (χ4n) is 2.94. The molecule has 0 aliphatic carbocycles. The van der Waals surface area contributed by atoms with Crippen molar-refractivity contribution >= 4 is 35.6 Å². The number of nitrogens with zero attached hydrogens (tertiary/aromatic N) is 5. The highest BCUT2D eigenvalue weighted by Gasteiger charge is 2.21. The van der Waals surface area contributed by atoms with Crippen LogP contribution in [0, 0.1) is 11.6 Å². The molecule has 6 nitrogen and oxygen atoms in total. The quantitative estimate of drug-likeness (QED) is 0.418. The highest BCUT2D eigenvalue weighted by molar-refractivity contribution is 14.0. The highest BCUT2D eigenvalue weighted by Crippen LogP contribution is 2.21. The van der Waals surface area contributed by atoms with Gasteiger partial charge in [-0.05, 0) is 12.1 Å². The molecular weight excluding hydrogens is 453 g/mol. The van der Waals surface area contributed by atoms with Crippen molar-refractivity contribution in [1.29, 1.82) is 0 Å². The molecule has 1 aliphatic rings. The number of hydrogen-bond acceptors (Lipinski definition) is 3. The molecule has 3 rings (SSSR count). The highest BCUT2D eigenvalue weighted by atomic mass is 127. The molecule has 0 unspecified atom stereocenters. The Labute approximate surface area is 168 Å². The van der Waals surface area contributed by atoms with Crippen LogP contribution in [0.15, 0.2) is 41.9 Å². The third-order valence-electron chi connectivity index (χ3n) is 4.25. The molecule has 0 spiro atoms. The number of imidazole rings is 1. The van der Waals surface area contributed by atoms with E-state index in [-0.39, 0.29) is 24.0 Å². The number of piperazine rings is 1. The average Bonchev–Trinajstić information content (AvgIpc) is 3.15. The summed E-state index contributed by atoms with van der Waals surface area (Å²) >= 11 is 0. The molecule has 1 fully saturated rings. The SMILES string of the molecule is CN=C(NCCn1ccnc1)N1CCN(c2cc(F)ccc2F)CC1.I. The first-order valence-corrected chi connectivity index (χ1v) is 8.28. The van der Waals surface area contributed by atoms with Crippen molar-refractivity contribution in [3.8, 4) is 0 Å². The summed E-state index contributed by atoms with van der Waals surface area (Å²) in [5.74, 6) is 0.00739. The van der Waals surface area contributed by atoms with Gasteiger partial charge in [-0.15, -0.1) is 24.0 Å². The zero-order chi connectivity index (χ0) is 17.6. The summed E-state index contributed by atoms with van der Waals surface area (Å²) in [6.45, 7) is 4.15. The molecule has 0 atom stereocenters. The number of anilines is 1. The summed E-state index contributed by atoms with van der Waals surface area (Å²) in [5, 5.41) is 3.33. The standard InChI is InChI=1S/C17H22F2N6.HI/c1-20-17(22-5-7-23-6-4-21-13-23)25-10-8-24(9-11-25)16-12-14(18)2-3-15(16)19;/h2-4,6,12-13H,5,7-11H2,1H3,(H,20,22);1H. The van der Waals surface area contributed by atoms with Crippen LogP contribution in [-0.4, -0.2) is 60.2 Å². The summed E-state index contributed by atoms with van der Waals surface area (Å²) in [5.41, 5.74) is 0.322. The smallest absolute Gasteiger partial charge is 0.193 e. The summed E-state index contributed by atoms with van der Waals surface area (Å²) < 4.78 is 29.3. The number of nitrogens with one attached hydrogen (secondary N) is 1. The van der Waals surface area contributed by atoms with Crippen molar-refractivity contribution < 1.29 is 8.78 Å². The van der Waals surface area contributed by atoms with Gasteiger partial charge in [0.2, 0.25) is 0 Å². The van der Waals surface area contributed by atoms with E-state index in [4.69, 9.17) is 0 Å². The predicted octanol–water partition coefficient (Wildman–Crippen LogP) is 2.18. The monoisotopic (exact) mass is 476 g/mol. The molecule has 1 aliphatic heterocycles. The molecule has 1 saturated heterocycles. The van der Waals surface area contributed by atoms with E-state index in [2.05, 4.69) is 20.2 Å². The fourth-order valence-corrected chi connectivity index (χ4v) is 2.94. The lowest BCUT2D eigenvalue weighted by Crippen LogP contribution is -2.53. The van der Waals surface area contributed by atoms with Crippen molar-refractivity contribution in [2.45, 2.75) is 6.54 Å². The minimum atomic E-state index is -0.421. The maximum absolute atomic E-state index is 13.9. The number of aliphatic imine (C=N–C) groups is 1. The van der Waals surface area contributed by atoms with Crippen LogP contribution < -0.4 is 10.2 Å². The Bertz CT molecular complexity index is 714. The minimum Gasteiger partial charge on any atom is -0.366 e. The number of hydrogen-bond donors (Lipinski definition) is 1. The fraction of sp³-hybridized carbons (Fsp3) is 0.412. The predicted molar refractivity (Wildman–Crippen MR) is 109 cm³/mol. The van der Waals surface area contributed by atoms with Crippen molar-refractivity contribution in [1.82, 2.24) is 19.8 Å². The van der Waals surface area contributed by atoms with Gasteiger partial charge < -0.3 is 19.7 Å². The molecule has 1 aromatic heterocycles. The van der Waals surface area contributed by atoms with Gasteiger partial charge in [0, 0.05) is 64.8 Å². The first-order chi connectivity index (χ1) is 12.2. The van der Waals surface area contributed by atoms with Gasteiger partial charge in [0.05, 0.1) is 12.0 Å². The second-order valence-corrected chi connectivity index (χ2v) is 5.84. The Balaban J connectivity index is 0.00000243. The third kappa shape index (κ3) is 5.05. The lowest BCUT2D eigenvalue weighted by molar-refractivity contribution is 0.369. The van der Waals surface area contributed by atoms with Crippen LogP contribution in [0.25, 0.3) is 0 Å². The van der Waals surface area contributed by atoms with Crippen LogP contribution in [0.1, 0.15) is 0 Å². The zero-order valence-electron chi connectivity index (χ0n) is 14.6. The topological polar surface area (TPSA) is 48.7 Å². The van der Waals surface area contributed by atoms with Crippen LogP contribution in [-0.2, 0) is 6.54 Å². The minimum absolute atomic E-state index is 0. The van der Waals surface area contributed by atoms with Gasteiger partial charge in [0.15, 0.2) is 5.96 Å². The van der Waals surface area contributed by atoms with Crippen molar-refractivity contribution in [2.24, 2.45) is 4.99 Å². The number of halogens is 3. The van der Waals surface area contributed by atoms with Crippen LogP contribution in [0.3, 0.4) is 0 Å². The second-order valence-electron chi connectivity index (χ2n) is 5.84. The Hall–Kier alpha value is -1.91. The van der Waals surface area contributed by atoms with Gasteiger partial charge in [-0.2, -0.15) is 0 Å². The molecule has 1 N–H and O–H groups in total. The van der Waals surface area contributed by atoms with Crippen LogP contribution in [0.4, 0.5) is 14.5 Å². The normalized spacial score (nSPS) is 15.0. The number of aromatic nitrogens is 2. The van der Waals surface area contributed by atoms with E-state index in [1.807, 2.05) is 15.7 Å². The van der Waals surface area contributed by atoms with E-state index in [9.17, 15) is 8.78 Å². The Morgan fingerprint density at radius 1 is 1.23 bits per heavy atom. The first kappa shape index (κ1) is 20.4. The van der Waals surface area contributed by atoms with Gasteiger partial charge in [0.25, 0.3) is 0 Å². The number of guanidine groups is 1. The van der Waals surface area contributed by atoms with Crippen molar-refractivity contribution in [3.63, 3.8) is 0 Å². The summed E-state index contributed by atoms with van der Waals surface area (Å²) in [6, 6.07) is 3.57. The van der Waals surface area contributed by atoms with E-state index in [1.165, 1.54) is 12.1 Å². The molecule has 0 saturated carbocycles. The van der Waals surface area contributed by atoms with Gasteiger partial charge in [-0.25, -0.2) is 13.8 Å². The lowest BCUT2D eigenvalue weighted by Gasteiger charge is -2.37. The summed E-state index contributed by atoms with van der Waals surface area (Å²) in [7, 11) is 1.75. The van der Waals surface area contributed by atoms with E-state index < -0.39 is 11.6 Å². The molecule has 26 heavy (non-hydrogen) atoms. The van der Waals surface area contributed by atoms with Crippen LogP contribution >= 0.6 is 24.0 Å². The van der Waals surface area contributed by atoms with Gasteiger partial charge >= 0.3 is 0 Å². The molecule has 2 heterocycles. The van der Waals surface area contributed by atoms with E-state index in [1.54, 1.807) is 19.6 Å². The molecule has 0 radical (unpaired) electrons. The van der Waals surface area contributed by atoms with Crippen molar-refractivity contribution in [2.75, 3.05) is 44.7 Å². The largest absolute Gasteiger partial charge is 0.366 e. The summed E-state index contributed by atoms with van der Waals surface area (Å²) in [4.78, 5) is 12.3. The van der Waals surface area contributed by atoms with Crippen molar-refractivity contribution in [3.05, 3.63) is 48.6 Å². The van der Waals surface area contributed by atoms with Gasteiger partial charge in [-0.3, -0.25) is 4.99 Å². The van der Waals surface area contributed by atoms with E-state index >= 15 is 0 Å². The molecule has 0 bridgehead atoms. The van der Waals surface area contributed by atoms with Gasteiger partial charge in [-0.1, -0.05) is 0 Å². The Morgan fingerprint density at radius 3 is 2.65 bits per heavy atom. The van der Waals surface area contributed by atoms with Crippen LogP contribution in [0.2, 0.25) is 0 Å². The molecule has 2 aromatic rings. The molecule has 9 heteroatoms. The Kier molecular flexibility index (Phi) is 7.61. The second kappa shape index (κ2) is 9.70. The molecule has 142 valence electrons. The Morgan fingerprint density at radius 2 is 2.00 bits per heavy atom. The van der Waals surface area contributed by atoms with Gasteiger partial charge in [0.1, 0.15) is 11.6 Å². The van der Waals surface area contributed by atoms with E-state index in [0.29, 0.717) is 31.9 Å². The maximum atomic E-state index is 13.9. The van der Waals surface area contributed by atoms with E-state index in [0.717, 1.165) is 25.1 Å². The molecular formula is C17H23F2IN6. The first-order valence-electron chi connectivity index (χ1n) is 8.28. The lowest BCUT2D eigenvalue weighted by atomic mass is 10.2. The molecule has 1 aromatic carbocycles. The summed E-state index contributed by atoms with van der Waals surface area (Å²) in [6.07, 6.45) is 5.44. The molecule has 0 amide bonds. The zero-order valence-corrected chi connectivity index (χ0v) is 16.9. The number of rotatable bonds is 4. The maximum Gasteiger partial charge on any atom is 0.193 e. The average molecular weight is 476 g/mol. The number of benzene rings is 1. The van der Waals surface area contributed by atoms with Crippen LogP contribution in [0.5, 0.6) is 0 Å². The third-order valence-corrected chi connectivity index (χ3v) is 4.25.